The maximum Gasteiger partial charge on any atom is 0.0889 e. The third kappa shape index (κ3) is 2.52. The van der Waals surface area contributed by atoms with E-state index in [0.29, 0.717) is 5.02 Å². The summed E-state index contributed by atoms with van der Waals surface area (Å²) in [5.74, 6) is 5.63. The van der Waals surface area contributed by atoms with E-state index in [1.807, 2.05) is 31.3 Å². The summed E-state index contributed by atoms with van der Waals surface area (Å²) in [5.41, 5.74) is 4.78. The van der Waals surface area contributed by atoms with Crippen LogP contribution in [-0.2, 0) is 7.05 Å². The number of nitrogens with one attached hydrogen (secondary N) is 1. The molecule has 1 aromatic carbocycles. The van der Waals surface area contributed by atoms with Crippen molar-refractivity contribution in [1.29, 1.82) is 0 Å². The summed E-state index contributed by atoms with van der Waals surface area (Å²) in [5, 5.41) is 4.88. The fraction of sp³-hybridized carbons (Fsp3) is 0.182. The average Bonchev–Trinajstić information content (AvgIpc) is 2.64. The maximum atomic E-state index is 5.87. The first-order valence-corrected chi connectivity index (χ1v) is 6.19. The summed E-state index contributed by atoms with van der Waals surface area (Å²) < 4.78 is 2.70. The molecule has 1 heterocycles. The lowest BCUT2D eigenvalue weighted by atomic mass is 10.0. The Balaban J connectivity index is 2.43. The predicted molar refractivity (Wildman–Crippen MR) is 71.5 cm³/mol. The van der Waals surface area contributed by atoms with E-state index in [0.717, 1.165) is 15.7 Å². The van der Waals surface area contributed by atoms with Gasteiger partial charge in [-0.05, 0) is 33.6 Å². The van der Waals surface area contributed by atoms with Crippen LogP contribution in [0.2, 0.25) is 5.02 Å². The molecule has 2 aromatic rings. The highest BCUT2D eigenvalue weighted by Gasteiger charge is 2.19. The van der Waals surface area contributed by atoms with E-state index < -0.39 is 0 Å². The molecule has 0 saturated carbocycles. The SMILES string of the molecule is Cn1ncc(Br)c1C(NN)c1ccc(Cl)cc1. The van der Waals surface area contributed by atoms with Gasteiger partial charge in [-0.1, -0.05) is 23.7 Å². The van der Waals surface area contributed by atoms with Gasteiger partial charge in [0.05, 0.1) is 22.4 Å². The van der Waals surface area contributed by atoms with Crippen molar-refractivity contribution in [3.8, 4) is 0 Å². The molecule has 0 fully saturated rings. The Morgan fingerprint density at radius 2 is 2.06 bits per heavy atom. The summed E-state index contributed by atoms with van der Waals surface area (Å²) >= 11 is 9.33. The molecule has 0 radical (unpaired) electrons. The van der Waals surface area contributed by atoms with Crippen molar-refractivity contribution >= 4 is 27.5 Å². The van der Waals surface area contributed by atoms with Gasteiger partial charge in [-0.25, -0.2) is 5.43 Å². The molecule has 2 rings (SSSR count). The number of nitrogens with two attached hydrogens (primary N) is 1. The van der Waals surface area contributed by atoms with Crippen molar-refractivity contribution in [3.05, 3.63) is 51.2 Å². The number of aromatic nitrogens is 2. The van der Waals surface area contributed by atoms with Crippen molar-refractivity contribution in [2.75, 3.05) is 0 Å². The van der Waals surface area contributed by atoms with Gasteiger partial charge >= 0.3 is 0 Å². The molecule has 0 aliphatic carbocycles. The number of hydrogen-bond acceptors (Lipinski definition) is 3. The third-order valence-electron chi connectivity index (χ3n) is 2.58. The van der Waals surface area contributed by atoms with Gasteiger partial charge < -0.3 is 0 Å². The average molecular weight is 316 g/mol. The smallest absolute Gasteiger partial charge is 0.0889 e. The highest BCUT2D eigenvalue weighted by atomic mass is 79.9. The Bertz CT molecular complexity index is 489. The first-order valence-electron chi connectivity index (χ1n) is 5.02. The number of hydrazine groups is 1. The van der Waals surface area contributed by atoms with Crippen molar-refractivity contribution in [2.45, 2.75) is 6.04 Å². The van der Waals surface area contributed by atoms with E-state index in [1.54, 1.807) is 10.9 Å². The number of aryl methyl sites for hydroxylation is 1. The molecule has 0 aliphatic heterocycles. The summed E-state index contributed by atoms with van der Waals surface area (Å²) in [6.45, 7) is 0. The molecule has 0 amide bonds. The Morgan fingerprint density at radius 3 is 2.53 bits per heavy atom. The van der Waals surface area contributed by atoms with E-state index in [1.165, 1.54) is 0 Å². The molecule has 4 nitrogen and oxygen atoms in total. The van der Waals surface area contributed by atoms with Gasteiger partial charge in [0, 0.05) is 12.1 Å². The third-order valence-corrected chi connectivity index (χ3v) is 3.44. The summed E-state index contributed by atoms with van der Waals surface area (Å²) in [6, 6.07) is 7.42. The maximum absolute atomic E-state index is 5.87. The van der Waals surface area contributed by atoms with Crippen LogP contribution in [-0.4, -0.2) is 9.78 Å². The predicted octanol–water partition coefficient (Wildman–Crippen LogP) is 2.39. The molecule has 0 bridgehead atoms. The molecule has 17 heavy (non-hydrogen) atoms. The number of hydrogen-bond donors (Lipinski definition) is 2. The minimum Gasteiger partial charge on any atom is -0.271 e. The van der Waals surface area contributed by atoms with Gasteiger partial charge in [0.2, 0.25) is 0 Å². The molecule has 1 aromatic heterocycles. The van der Waals surface area contributed by atoms with Crippen molar-refractivity contribution in [2.24, 2.45) is 12.9 Å². The molecule has 90 valence electrons. The lowest BCUT2D eigenvalue weighted by Gasteiger charge is -2.17. The van der Waals surface area contributed by atoms with Gasteiger partial charge in [0.25, 0.3) is 0 Å². The van der Waals surface area contributed by atoms with Crippen LogP contribution in [0.5, 0.6) is 0 Å². The molecule has 0 spiro atoms. The quantitative estimate of drug-likeness (QED) is 0.675. The summed E-state index contributed by atoms with van der Waals surface area (Å²) in [7, 11) is 1.88. The fourth-order valence-corrected chi connectivity index (χ4v) is 2.44. The Hall–Kier alpha value is -0.880. The van der Waals surface area contributed by atoms with Crippen LogP contribution in [0.1, 0.15) is 17.3 Å². The molecule has 0 saturated heterocycles. The van der Waals surface area contributed by atoms with Gasteiger partial charge in [-0.3, -0.25) is 10.5 Å². The van der Waals surface area contributed by atoms with Crippen molar-refractivity contribution in [3.63, 3.8) is 0 Å². The number of rotatable bonds is 3. The van der Waals surface area contributed by atoms with Crippen LogP contribution in [0.3, 0.4) is 0 Å². The zero-order chi connectivity index (χ0) is 12.4. The first-order chi connectivity index (χ1) is 8.13. The normalized spacial score (nSPS) is 12.7. The topological polar surface area (TPSA) is 55.9 Å². The summed E-state index contributed by atoms with van der Waals surface area (Å²) in [6.07, 6.45) is 1.75. The van der Waals surface area contributed by atoms with Gasteiger partial charge in [0.1, 0.15) is 0 Å². The van der Waals surface area contributed by atoms with E-state index in [4.69, 9.17) is 17.4 Å². The number of nitrogens with zero attached hydrogens (tertiary/aromatic N) is 2. The first kappa shape index (κ1) is 12.6. The van der Waals surface area contributed by atoms with Crippen LogP contribution in [0.15, 0.2) is 34.9 Å². The van der Waals surface area contributed by atoms with Crippen LogP contribution >= 0.6 is 27.5 Å². The minimum atomic E-state index is -0.130. The highest BCUT2D eigenvalue weighted by molar-refractivity contribution is 9.10. The highest BCUT2D eigenvalue weighted by Crippen LogP contribution is 2.28. The van der Waals surface area contributed by atoms with Crippen molar-refractivity contribution < 1.29 is 0 Å². The van der Waals surface area contributed by atoms with Gasteiger partial charge in [-0.15, -0.1) is 0 Å². The van der Waals surface area contributed by atoms with E-state index in [-0.39, 0.29) is 6.04 Å². The van der Waals surface area contributed by atoms with Gasteiger partial charge in [0.15, 0.2) is 0 Å². The fourth-order valence-electron chi connectivity index (χ4n) is 1.73. The van der Waals surface area contributed by atoms with E-state index in [9.17, 15) is 0 Å². The molecule has 1 unspecified atom stereocenters. The number of halogens is 2. The van der Waals surface area contributed by atoms with Crippen LogP contribution in [0, 0.1) is 0 Å². The van der Waals surface area contributed by atoms with Crippen LogP contribution in [0.4, 0.5) is 0 Å². The Labute approximate surface area is 113 Å². The molecule has 3 N–H and O–H groups in total. The molecule has 6 heteroatoms. The lowest BCUT2D eigenvalue weighted by molar-refractivity contribution is 0.573. The van der Waals surface area contributed by atoms with Crippen LogP contribution in [0.25, 0.3) is 0 Å². The standard InChI is InChI=1S/C11H12BrClN4/c1-17-11(9(12)6-15-17)10(16-14)7-2-4-8(13)5-3-7/h2-6,10,16H,14H2,1H3. The Kier molecular flexibility index (Phi) is 3.83. The summed E-state index contributed by atoms with van der Waals surface area (Å²) in [4.78, 5) is 0. The molecular formula is C11H12BrClN4. The largest absolute Gasteiger partial charge is 0.271 e. The Morgan fingerprint density at radius 1 is 1.41 bits per heavy atom. The zero-order valence-electron chi connectivity index (χ0n) is 9.19. The second-order valence-electron chi connectivity index (χ2n) is 3.65. The second kappa shape index (κ2) is 5.18. The van der Waals surface area contributed by atoms with Crippen LogP contribution < -0.4 is 11.3 Å². The molecule has 0 aliphatic rings. The minimum absolute atomic E-state index is 0.130. The monoisotopic (exact) mass is 314 g/mol. The van der Waals surface area contributed by atoms with E-state index >= 15 is 0 Å². The number of benzene rings is 1. The zero-order valence-corrected chi connectivity index (χ0v) is 11.5. The van der Waals surface area contributed by atoms with E-state index in [2.05, 4.69) is 26.5 Å². The second-order valence-corrected chi connectivity index (χ2v) is 4.94. The van der Waals surface area contributed by atoms with Crippen molar-refractivity contribution in [1.82, 2.24) is 15.2 Å². The lowest BCUT2D eigenvalue weighted by Crippen LogP contribution is -2.30. The molecular weight excluding hydrogens is 304 g/mol. The van der Waals surface area contributed by atoms with Gasteiger partial charge in [-0.2, -0.15) is 5.10 Å². The molecule has 1 atom stereocenters.